The van der Waals surface area contributed by atoms with Gasteiger partial charge in [-0.3, -0.25) is 0 Å². The Bertz CT molecular complexity index is 167. The van der Waals surface area contributed by atoms with Crippen molar-refractivity contribution in [3.63, 3.8) is 0 Å². The maximum atomic E-state index is 5.98. The maximum Gasteiger partial charge on any atom is 0.0980 e. The Kier molecular flexibility index (Phi) is 2.11. The van der Waals surface area contributed by atoms with Crippen LogP contribution in [0.15, 0.2) is 0 Å². The molecule has 0 bridgehead atoms. The summed E-state index contributed by atoms with van der Waals surface area (Å²) in [7, 11) is 0. The van der Waals surface area contributed by atoms with Gasteiger partial charge in [0, 0.05) is 48.6 Å². The van der Waals surface area contributed by atoms with Crippen LogP contribution in [-0.2, 0) is 4.74 Å². The number of hydrogen-bond donors (Lipinski definition) is 1. The predicted molar refractivity (Wildman–Crippen MR) is 51.5 cm³/mol. The highest BCUT2D eigenvalue weighted by Crippen LogP contribution is 2.35. The third kappa shape index (κ3) is 1.30. The van der Waals surface area contributed by atoms with Gasteiger partial charge in [0.2, 0.25) is 0 Å². The van der Waals surface area contributed by atoms with Gasteiger partial charge in [-0.2, -0.15) is 0 Å². The van der Waals surface area contributed by atoms with Crippen LogP contribution in [0.3, 0.4) is 0 Å². The van der Waals surface area contributed by atoms with Gasteiger partial charge in [-0.25, -0.2) is 3.11 Å². The van der Waals surface area contributed by atoms with Crippen molar-refractivity contribution in [2.24, 2.45) is 5.73 Å². The molecule has 2 aliphatic heterocycles. The SMILES string of the molecule is NC1CCOC12CCN(I)C2. The number of nitrogens with two attached hydrogens (primary N) is 1. The first-order valence-corrected chi connectivity index (χ1v) is 5.00. The molecule has 2 aliphatic rings. The second kappa shape index (κ2) is 2.83. The lowest BCUT2D eigenvalue weighted by atomic mass is 9.94. The highest BCUT2D eigenvalue weighted by atomic mass is 127. The quantitative estimate of drug-likeness (QED) is 0.514. The van der Waals surface area contributed by atoms with Gasteiger partial charge in [-0.1, -0.05) is 0 Å². The van der Waals surface area contributed by atoms with Crippen LogP contribution in [0.5, 0.6) is 0 Å². The zero-order chi connectivity index (χ0) is 7.90. The summed E-state index contributed by atoms with van der Waals surface area (Å²) >= 11 is 2.34. The summed E-state index contributed by atoms with van der Waals surface area (Å²) < 4.78 is 7.98. The first-order valence-electron chi connectivity index (χ1n) is 4.03. The molecule has 4 heteroatoms. The van der Waals surface area contributed by atoms with E-state index in [-0.39, 0.29) is 11.6 Å². The lowest BCUT2D eigenvalue weighted by Crippen LogP contribution is -2.46. The van der Waals surface area contributed by atoms with E-state index in [1.165, 1.54) is 0 Å². The molecule has 3 nitrogen and oxygen atoms in total. The fraction of sp³-hybridized carbons (Fsp3) is 1.00. The second-order valence-corrected chi connectivity index (χ2v) is 4.77. The fourth-order valence-corrected chi connectivity index (χ4v) is 2.76. The van der Waals surface area contributed by atoms with Crippen LogP contribution in [0.2, 0.25) is 0 Å². The van der Waals surface area contributed by atoms with Gasteiger partial charge in [-0.15, -0.1) is 0 Å². The van der Waals surface area contributed by atoms with Crippen LogP contribution in [0, 0.1) is 0 Å². The molecular formula is C7H13IN2O. The smallest absolute Gasteiger partial charge is 0.0980 e. The predicted octanol–water partition coefficient (Wildman–Crippen LogP) is 0.528. The minimum atomic E-state index is 0.0151. The van der Waals surface area contributed by atoms with Crippen LogP contribution in [-0.4, -0.2) is 34.5 Å². The lowest BCUT2D eigenvalue weighted by molar-refractivity contribution is 0.0104. The van der Waals surface area contributed by atoms with Crippen LogP contribution < -0.4 is 5.73 Å². The topological polar surface area (TPSA) is 38.5 Å². The van der Waals surface area contributed by atoms with Crippen LogP contribution in [0.4, 0.5) is 0 Å². The molecule has 0 aromatic rings. The zero-order valence-electron chi connectivity index (χ0n) is 6.42. The molecular weight excluding hydrogens is 255 g/mol. The molecule has 2 N–H and O–H groups in total. The van der Waals surface area contributed by atoms with Crippen molar-refractivity contribution in [3.05, 3.63) is 0 Å². The number of halogens is 1. The minimum absolute atomic E-state index is 0.0151. The highest BCUT2D eigenvalue weighted by molar-refractivity contribution is 14.1. The third-order valence-corrected chi connectivity index (χ3v) is 3.53. The van der Waals surface area contributed by atoms with Gasteiger partial charge in [0.15, 0.2) is 0 Å². The van der Waals surface area contributed by atoms with E-state index in [9.17, 15) is 0 Å². The summed E-state index contributed by atoms with van der Waals surface area (Å²) in [6, 6.07) is 0.266. The Morgan fingerprint density at radius 2 is 2.45 bits per heavy atom. The molecule has 2 fully saturated rings. The van der Waals surface area contributed by atoms with E-state index >= 15 is 0 Å². The molecule has 0 amide bonds. The van der Waals surface area contributed by atoms with Gasteiger partial charge in [0.05, 0.1) is 5.60 Å². The average Bonchev–Trinajstić information content (AvgIpc) is 2.46. The summed E-state index contributed by atoms with van der Waals surface area (Å²) in [5, 5.41) is 0. The van der Waals surface area contributed by atoms with E-state index < -0.39 is 0 Å². The molecule has 2 heterocycles. The summed E-state index contributed by atoms with van der Waals surface area (Å²) in [5.74, 6) is 0. The molecule has 0 aromatic carbocycles. The summed E-state index contributed by atoms with van der Waals surface area (Å²) in [5.41, 5.74) is 6.00. The molecule has 0 radical (unpaired) electrons. The largest absolute Gasteiger partial charge is 0.372 e. The molecule has 2 rings (SSSR count). The van der Waals surface area contributed by atoms with Crippen molar-refractivity contribution >= 4 is 22.9 Å². The van der Waals surface area contributed by atoms with Gasteiger partial charge in [0.1, 0.15) is 0 Å². The molecule has 0 aromatic heterocycles. The van der Waals surface area contributed by atoms with E-state index in [0.29, 0.717) is 0 Å². The van der Waals surface area contributed by atoms with E-state index in [1.807, 2.05) is 0 Å². The molecule has 11 heavy (non-hydrogen) atoms. The summed E-state index contributed by atoms with van der Waals surface area (Å²) in [4.78, 5) is 0. The van der Waals surface area contributed by atoms with Crippen molar-refractivity contribution in [2.45, 2.75) is 24.5 Å². The van der Waals surface area contributed by atoms with Gasteiger partial charge in [-0.05, 0) is 12.8 Å². The molecule has 64 valence electrons. The third-order valence-electron chi connectivity index (χ3n) is 2.71. The van der Waals surface area contributed by atoms with Crippen LogP contribution in [0.1, 0.15) is 12.8 Å². The summed E-state index contributed by atoms with van der Waals surface area (Å²) in [6.07, 6.45) is 2.14. The first kappa shape index (κ1) is 8.22. The first-order chi connectivity index (χ1) is 5.23. The second-order valence-electron chi connectivity index (χ2n) is 3.40. The Morgan fingerprint density at radius 3 is 2.91 bits per heavy atom. The van der Waals surface area contributed by atoms with Gasteiger partial charge < -0.3 is 10.5 Å². The summed E-state index contributed by atoms with van der Waals surface area (Å²) in [6.45, 7) is 2.98. The number of hydrogen-bond acceptors (Lipinski definition) is 3. The molecule has 1 spiro atoms. The van der Waals surface area contributed by atoms with Gasteiger partial charge >= 0.3 is 0 Å². The Morgan fingerprint density at radius 1 is 1.64 bits per heavy atom. The molecule has 2 unspecified atom stereocenters. The number of ether oxygens (including phenoxy) is 1. The Labute approximate surface area is 80.7 Å². The number of nitrogens with zero attached hydrogens (tertiary/aromatic N) is 1. The normalized spacial score (nSPS) is 45.8. The van der Waals surface area contributed by atoms with Crippen molar-refractivity contribution in [1.82, 2.24) is 3.11 Å². The van der Waals surface area contributed by atoms with E-state index in [0.717, 1.165) is 32.5 Å². The Balaban J connectivity index is 2.10. The standard InChI is InChI=1S/C7H13IN2O/c8-10-3-2-7(5-10)6(9)1-4-11-7/h6H,1-5,9H2. The molecule has 2 saturated heterocycles. The minimum Gasteiger partial charge on any atom is -0.372 e. The fourth-order valence-electron chi connectivity index (χ4n) is 1.94. The van der Waals surface area contributed by atoms with Crippen molar-refractivity contribution in [1.29, 1.82) is 0 Å². The molecule has 0 aliphatic carbocycles. The van der Waals surface area contributed by atoms with Gasteiger partial charge in [0.25, 0.3) is 0 Å². The van der Waals surface area contributed by atoms with Crippen molar-refractivity contribution in [3.8, 4) is 0 Å². The molecule has 0 saturated carbocycles. The van der Waals surface area contributed by atoms with Crippen LogP contribution in [0.25, 0.3) is 0 Å². The van der Waals surface area contributed by atoms with E-state index in [4.69, 9.17) is 10.5 Å². The van der Waals surface area contributed by atoms with E-state index in [1.54, 1.807) is 0 Å². The highest BCUT2D eigenvalue weighted by Gasteiger charge is 2.46. The monoisotopic (exact) mass is 268 g/mol. The van der Waals surface area contributed by atoms with Crippen molar-refractivity contribution in [2.75, 3.05) is 19.7 Å². The molecule has 2 atom stereocenters. The zero-order valence-corrected chi connectivity index (χ0v) is 8.58. The average molecular weight is 268 g/mol. The number of rotatable bonds is 0. The van der Waals surface area contributed by atoms with Crippen molar-refractivity contribution < 1.29 is 4.74 Å². The maximum absolute atomic E-state index is 5.98. The van der Waals surface area contributed by atoms with Crippen LogP contribution >= 0.6 is 22.9 Å². The lowest BCUT2D eigenvalue weighted by Gasteiger charge is -2.26. The van der Waals surface area contributed by atoms with E-state index in [2.05, 4.69) is 26.0 Å². The Hall–Kier alpha value is 0.610.